The summed E-state index contributed by atoms with van der Waals surface area (Å²) in [4.78, 5) is 10.7. The Morgan fingerprint density at radius 2 is 1.94 bits per heavy atom. The van der Waals surface area contributed by atoms with Crippen LogP contribution < -0.4 is 5.73 Å². The van der Waals surface area contributed by atoms with Gasteiger partial charge >= 0.3 is 12.1 Å². The third-order valence-corrected chi connectivity index (χ3v) is 2.75. The molecular weight excluding hydrogens is 307 g/mol. The summed E-state index contributed by atoms with van der Waals surface area (Å²) in [7, 11) is 0. The number of carboxylic acid groups (broad SMARTS) is 1. The third-order valence-electron chi connectivity index (χ3n) is 2.06. The highest BCUT2D eigenvalue weighted by Gasteiger charge is 2.41. The summed E-state index contributed by atoms with van der Waals surface area (Å²) in [5, 5.41) is 18.2. The molecule has 0 aliphatic carbocycles. The predicted octanol–water partition coefficient (Wildman–Crippen LogP) is 2.42. The van der Waals surface area contributed by atoms with Crippen molar-refractivity contribution in [3.63, 3.8) is 0 Å². The Labute approximate surface area is 102 Å². The first-order chi connectivity index (χ1) is 7.66. The van der Waals surface area contributed by atoms with Gasteiger partial charge in [-0.05, 0) is 12.1 Å². The zero-order chi connectivity index (χ0) is 13.4. The van der Waals surface area contributed by atoms with Crippen LogP contribution in [0.1, 0.15) is 22.0 Å². The van der Waals surface area contributed by atoms with Gasteiger partial charge in [0.05, 0.1) is 0 Å². The number of hydrogen-bond donors (Lipinski definition) is 3. The van der Waals surface area contributed by atoms with E-state index in [9.17, 15) is 23.1 Å². The summed E-state index contributed by atoms with van der Waals surface area (Å²) in [5.74, 6) is -2.53. The number of carboxylic acids is 1. The van der Waals surface area contributed by atoms with Crippen molar-refractivity contribution in [2.24, 2.45) is 5.73 Å². The van der Waals surface area contributed by atoms with E-state index < -0.39 is 35.1 Å². The summed E-state index contributed by atoms with van der Waals surface area (Å²) in [6.07, 6.45) is -4.78. The Balaban J connectivity index is 3.42. The Kier molecular flexibility index (Phi) is 3.68. The molecule has 1 aromatic carbocycles. The van der Waals surface area contributed by atoms with Crippen molar-refractivity contribution >= 4 is 21.9 Å². The topological polar surface area (TPSA) is 83.6 Å². The molecule has 0 amide bonds. The quantitative estimate of drug-likeness (QED) is 0.783. The van der Waals surface area contributed by atoms with Crippen LogP contribution in [0.4, 0.5) is 13.2 Å². The number of aromatic hydroxyl groups is 1. The van der Waals surface area contributed by atoms with E-state index in [-0.39, 0.29) is 4.47 Å². The van der Waals surface area contributed by atoms with E-state index in [1.54, 1.807) is 0 Å². The molecule has 17 heavy (non-hydrogen) atoms. The molecule has 0 aliphatic rings. The molecule has 4 nitrogen and oxygen atoms in total. The number of rotatable bonds is 2. The van der Waals surface area contributed by atoms with Crippen LogP contribution in [-0.2, 0) is 0 Å². The van der Waals surface area contributed by atoms with Crippen LogP contribution in [-0.4, -0.2) is 22.4 Å². The van der Waals surface area contributed by atoms with E-state index in [1.165, 1.54) is 0 Å². The normalized spacial score (nSPS) is 13.5. The lowest BCUT2D eigenvalue weighted by Gasteiger charge is -2.19. The highest BCUT2D eigenvalue weighted by Crippen LogP contribution is 2.40. The van der Waals surface area contributed by atoms with Gasteiger partial charge in [0.2, 0.25) is 0 Å². The lowest BCUT2D eigenvalue weighted by molar-refractivity contribution is -0.149. The molecule has 0 heterocycles. The van der Waals surface area contributed by atoms with Gasteiger partial charge in [0.1, 0.15) is 17.4 Å². The average Bonchev–Trinajstić information content (AvgIpc) is 2.15. The Bertz CT molecular complexity index is 462. The number of alkyl halides is 3. The molecule has 0 saturated carbocycles. The van der Waals surface area contributed by atoms with Crippen molar-refractivity contribution in [2.75, 3.05) is 0 Å². The fourth-order valence-corrected chi connectivity index (χ4v) is 1.78. The van der Waals surface area contributed by atoms with Crippen molar-refractivity contribution in [3.8, 4) is 5.75 Å². The molecule has 0 fully saturated rings. The third kappa shape index (κ3) is 2.70. The van der Waals surface area contributed by atoms with Gasteiger partial charge in [0, 0.05) is 10.0 Å². The SMILES string of the molecule is N[C@@H](c1c(Br)ccc(C(=O)O)c1O)C(F)(F)F. The molecule has 0 aromatic heterocycles. The molecule has 0 spiro atoms. The minimum absolute atomic E-state index is 0.107. The predicted molar refractivity (Wildman–Crippen MR) is 55.7 cm³/mol. The molecule has 8 heteroatoms. The summed E-state index contributed by atoms with van der Waals surface area (Å²) in [6.45, 7) is 0. The van der Waals surface area contributed by atoms with Crippen LogP contribution in [0.5, 0.6) is 5.75 Å². The van der Waals surface area contributed by atoms with Crippen LogP contribution in [0.2, 0.25) is 0 Å². The van der Waals surface area contributed by atoms with Gasteiger partial charge in [0.25, 0.3) is 0 Å². The number of carbonyl (C=O) groups is 1. The van der Waals surface area contributed by atoms with E-state index >= 15 is 0 Å². The molecule has 4 N–H and O–H groups in total. The molecular formula is C9H7BrF3NO3. The Morgan fingerprint density at radius 1 is 1.41 bits per heavy atom. The van der Waals surface area contributed by atoms with Crippen molar-refractivity contribution in [1.29, 1.82) is 0 Å². The number of benzene rings is 1. The van der Waals surface area contributed by atoms with E-state index in [2.05, 4.69) is 15.9 Å². The number of hydrogen-bond acceptors (Lipinski definition) is 3. The van der Waals surface area contributed by atoms with Crippen LogP contribution in [0.25, 0.3) is 0 Å². The van der Waals surface area contributed by atoms with Crippen LogP contribution in [0, 0.1) is 0 Å². The maximum Gasteiger partial charge on any atom is 0.407 e. The average molecular weight is 314 g/mol. The first-order valence-corrected chi connectivity index (χ1v) is 5.02. The Hall–Kier alpha value is -1.28. The van der Waals surface area contributed by atoms with Crippen LogP contribution in [0.15, 0.2) is 16.6 Å². The fourth-order valence-electron chi connectivity index (χ4n) is 1.22. The smallest absolute Gasteiger partial charge is 0.407 e. The molecule has 1 atom stereocenters. The monoisotopic (exact) mass is 313 g/mol. The van der Waals surface area contributed by atoms with Gasteiger partial charge in [-0.25, -0.2) is 4.79 Å². The number of phenols is 1. The lowest BCUT2D eigenvalue weighted by Crippen LogP contribution is -2.29. The van der Waals surface area contributed by atoms with E-state index in [0.29, 0.717) is 0 Å². The minimum Gasteiger partial charge on any atom is -0.507 e. The molecule has 0 bridgehead atoms. The lowest BCUT2D eigenvalue weighted by atomic mass is 10.0. The molecule has 0 unspecified atom stereocenters. The summed E-state index contributed by atoms with van der Waals surface area (Å²) in [6, 6.07) is -0.394. The van der Waals surface area contributed by atoms with Gasteiger partial charge in [-0.1, -0.05) is 15.9 Å². The second-order valence-corrected chi connectivity index (χ2v) is 4.04. The van der Waals surface area contributed by atoms with Gasteiger partial charge in [-0.15, -0.1) is 0 Å². The van der Waals surface area contributed by atoms with Crippen molar-refractivity contribution in [1.82, 2.24) is 0 Å². The summed E-state index contributed by atoms with van der Waals surface area (Å²) < 4.78 is 37.2. The van der Waals surface area contributed by atoms with Crippen LogP contribution >= 0.6 is 15.9 Å². The molecule has 1 rings (SSSR count). The molecule has 0 radical (unpaired) electrons. The second kappa shape index (κ2) is 4.53. The fraction of sp³-hybridized carbons (Fsp3) is 0.222. The zero-order valence-corrected chi connectivity index (χ0v) is 9.71. The number of halogens is 4. The number of nitrogens with two attached hydrogens (primary N) is 1. The first kappa shape index (κ1) is 13.8. The molecule has 94 valence electrons. The maximum absolute atomic E-state index is 12.4. The van der Waals surface area contributed by atoms with Gasteiger partial charge in [-0.2, -0.15) is 13.2 Å². The van der Waals surface area contributed by atoms with Gasteiger partial charge in [-0.3, -0.25) is 0 Å². The number of aromatic carboxylic acids is 1. The highest BCUT2D eigenvalue weighted by atomic mass is 79.9. The van der Waals surface area contributed by atoms with E-state index in [4.69, 9.17) is 10.8 Å². The summed E-state index contributed by atoms with van der Waals surface area (Å²) in [5.41, 5.74) is 3.60. The van der Waals surface area contributed by atoms with E-state index in [1.807, 2.05) is 0 Å². The van der Waals surface area contributed by atoms with Crippen LogP contribution in [0.3, 0.4) is 0 Å². The van der Waals surface area contributed by atoms with Crippen molar-refractivity contribution < 1.29 is 28.2 Å². The zero-order valence-electron chi connectivity index (χ0n) is 8.12. The van der Waals surface area contributed by atoms with E-state index in [0.717, 1.165) is 12.1 Å². The molecule has 0 saturated heterocycles. The summed E-state index contributed by atoms with van der Waals surface area (Å²) >= 11 is 2.79. The highest BCUT2D eigenvalue weighted by molar-refractivity contribution is 9.10. The van der Waals surface area contributed by atoms with Gasteiger partial charge in [0.15, 0.2) is 0 Å². The van der Waals surface area contributed by atoms with Crippen molar-refractivity contribution in [2.45, 2.75) is 12.2 Å². The molecule has 1 aromatic rings. The van der Waals surface area contributed by atoms with Crippen molar-refractivity contribution in [3.05, 3.63) is 27.7 Å². The maximum atomic E-state index is 12.4. The minimum atomic E-state index is -4.78. The van der Waals surface area contributed by atoms with Gasteiger partial charge < -0.3 is 15.9 Å². The standard InChI is InChI=1S/C9H7BrF3NO3/c10-4-2-1-3(8(16)17)6(15)5(4)7(14)9(11,12)13/h1-2,7,15H,14H2,(H,16,17)/t7-/m0/s1. The largest absolute Gasteiger partial charge is 0.507 e. The second-order valence-electron chi connectivity index (χ2n) is 3.18. The molecule has 0 aliphatic heterocycles. The Morgan fingerprint density at radius 3 is 2.35 bits per heavy atom. The first-order valence-electron chi connectivity index (χ1n) is 4.23.